The Labute approximate surface area is 264 Å². The summed E-state index contributed by atoms with van der Waals surface area (Å²) in [6.07, 6.45) is 20.3. The van der Waals surface area contributed by atoms with E-state index in [1.807, 2.05) is 0 Å². The molecule has 6 aromatic rings. The molecule has 6 aliphatic rings. The number of hydrogen-bond acceptors (Lipinski definition) is 0. The fourth-order valence-corrected chi connectivity index (χ4v) is 9.74. The summed E-state index contributed by atoms with van der Waals surface area (Å²) in [5.41, 5.74) is 17.8. The third-order valence-corrected chi connectivity index (χ3v) is 12.1. The highest BCUT2D eigenvalue weighted by atomic mass is 14.5. The average Bonchev–Trinajstić information content (AvgIpc) is 3.07. The predicted octanol–water partition coefficient (Wildman–Crippen LogP) is 10.3. The molecular formula is C45H34. The molecule has 0 spiro atoms. The van der Waals surface area contributed by atoms with Crippen LogP contribution in [0.25, 0.3) is 32.3 Å². The summed E-state index contributed by atoms with van der Waals surface area (Å²) in [6.45, 7) is 2.53. The maximum Gasteiger partial charge on any atom is 0.0433 e. The molecule has 0 amide bonds. The number of rotatable bonds is 0. The fraction of sp³-hybridized carbons (Fsp3) is 0.200. The van der Waals surface area contributed by atoms with Gasteiger partial charge in [0.05, 0.1) is 0 Å². The SMILES string of the molecule is CC12c3cc4cc5c(cc4cc3C(c3cc4cc6c(cc4cc31)CC=CC6)c1cc3cc4c(cc3cc12)CC=CC4)CC=CC5. The van der Waals surface area contributed by atoms with E-state index in [-0.39, 0.29) is 11.3 Å². The first-order valence-corrected chi connectivity index (χ1v) is 16.9. The lowest BCUT2D eigenvalue weighted by Crippen LogP contribution is -2.40. The Hall–Kier alpha value is -4.68. The van der Waals surface area contributed by atoms with Crippen molar-refractivity contribution in [2.45, 2.75) is 56.8 Å². The van der Waals surface area contributed by atoms with Crippen LogP contribution in [0.2, 0.25) is 0 Å². The molecular weight excluding hydrogens is 540 g/mol. The van der Waals surface area contributed by atoms with Crippen LogP contribution in [0.3, 0.4) is 0 Å². The van der Waals surface area contributed by atoms with Gasteiger partial charge >= 0.3 is 0 Å². The van der Waals surface area contributed by atoms with Gasteiger partial charge in [-0.15, -0.1) is 0 Å². The van der Waals surface area contributed by atoms with Gasteiger partial charge < -0.3 is 0 Å². The Morgan fingerprint density at radius 3 is 0.867 bits per heavy atom. The van der Waals surface area contributed by atoms with Crippen molar-refractivity contribution in [3.63, 3.8) is 0 Å². The highest BCUT2D eigenvalue weighted by Gasteiger charge is 2.49. The van der Waals surface area contributed by atoms with Crippen molar-refractivity contribution < 1.29 is 0 Å². The van der Waals surface area contributed by atoms with Crippen LogP contribution in [0.5, 0.6) is 0 Å². The second kappa shape index (κ2) is 8.52. The van der Waals surface area contributed by atoms with Crippen LogP contribution >= 0.6 is 0 Å². The topological polar surface area (TPSA) is 0 Å². The van der Waals surface area contributed by atoms with Crippen molar-refractivity contribution in [1.29, 1.82) is 0 Å². The summed E-state index contributed by atoms with van der Waals surface area (Å²) >= 11 is 0. The first-order valence-electron chi connectivity index (χ1n) is 16.9. The molecule has 0 aliphatic heterocycles. The van der Waals surface area contributed by atoms with Crippen LogP contribution in [0.15, 0.2) is 109 Å². The van der Waals surface area contributed by atoms with Crippen LogP contribution in [0, 0.1) is 0 Å². The molecule has 12 rings (SSSR count). The van der Waals surface area contributed by atoms with Crippen LogP contribution < -0.4 is 0 Å². The van der Waals surface area contributed by atoms with Crippen LogP contribution in [0.4, 0.5) is 0 Å². The molecule has 0 N–H and O–H groups in total. The Bertz CT molecular complexity index is 2170. The lowest BCUT2D eigenvalue weighted by atomic mass is 9.53. The van der Waals surface area contributed by atoms with E-state index in [1.165, 1.54) is 99.1 Å². The van der Waals surface area contributed by atoms with Crippen molar-refractivity contribution in [2.24, 2.45) is 0 Å². The van der Waals surface area contributed by atoms with Gasteiger partial charge in [-0.05, 0) is 181 Å². The highest BCUT2D eigenvalue weighted by Crippen LogP contribution is 2.60. The van der Waals surface area contributed by atoms with Crippen molar-refractivity contribution in [3.8, 4) is 0 Å². The van der Waals surface area contributed by atoms with Gasteiger partial charge in [0.25, 0.3) is 0 Å². The second-order valence-corrected chi connectivity index (χ2v) is 14.4. The molecule has 0 atom stereocenters. The summed E-state index contributed by atoms with van der Waals surface area (Å²) in [6, 6.07) is 30.4. The normalized spacial score (nSPS) is 21.4. The molecule has 0 heteroatoms. The molecule has 0 nitrogen and oxygen atoms in total. The van der Waals surface area contributed by atoms with Crippen molar-refractivity contribution in [1.82, 2.24) is 0 Å². The second-order valence-electron chi connectivity index (χ2n) is 14.4. The van der Waals surface area contributed by atoms with Crippen LogP contribution in [0.1, 0.15) is 79.6 Å². The molecule has 0 saturated heterocycles. The van der Waals surface area contributed by atoms with Crippen molar-refractivity contribution >= 4 is 32.3 Å². The standard InChI is InChI=1S/C45H34/c1-45-41-23-35-17-29-11-5-2-8-26(29)14-32(35)20-38(41)44(39-21-33-15-27-9-3-6-12-30(27)18-36(33)24-42(39)45)40-22-34-16-28-10-4-7-13-31(28)19-37(34)25-43(40)45/h2-7,14-25,44H,8-13H2,1H3. The number of benzene rings is 6. The third-order valence-electron chi connectivity index (χ3n) is 12.1. The number of fused-ring (bicyclic) bond motifs is 6. The zero-order valence-corrected chi connectivity index (χ0v) is 25.7. The number of allylic oxidation sites excluding steroid dienone is 6. The first kappa shape index (κ1) is 24.6. The van der Waals surface area contributed by atoms with E-state index in [1.54, 1.807) is 0 Å². The molecule has 0 radical (unpaired) electrons. The lowest BCUT2D eigenvalue weighted by Gasteiger charge is -2.49. The zero-order chi connectivity index (χ0) is 29.4. The monoisotopic (exact) mass is 574 g/mol. The minimum Gasteiger partial charge on any atom is -0.0838 e. The molecule has 0 saturated carbocycles. The van der Waals surface area contributed by atoms with Gasteiger partial charge in [-0.3, -0.25) is 0 Å². The Morgan fingerprint density at radius 1 is 0.356 bits per heavy atom. The Kier molecular flexibility index (Phi) is 4.66. The van der Waals surface area contributed by atoms with Crippen LogP contribution in [-0.2, 0) is 43.9 Å². The Balaban J connectivity index is 1.22. The van der Waals surface area contributed by atoms with E-state index in [0.717, 1.165) is 38.5 Å². The van der Waals surface area contributed by atoms with Crippen LogP contribution in [-0.4, -0.2) is 0 Å². The van der Waals surface area contributed by atoms with Gasteiger partial charge in [0.2, 0.25) is 0 Å². The van der Waals surface area contributed by atoms with E-state index in [0.29, 0.717) is 0 Å². The van der Waals surface area contributed by atoms with Crippen molar-refractivity contribution in [2.75, 3.05) is 0 Å². The van der Waals surface area contributed by atoms with E-state index >= 15 is 0 Å². The lowest BCUT2D eigenvalue weighted by molar-refractivity contribution is 0.597. The third kappa shape index (κ3) is 3.22. The van der Waals surface area contributed by atoms with Gasteiger partial charge in [0.15, 0.2) is 0 Å². The molecule has 6 aromatic carbocycles. The molecule has 0 aromatic heterocycles. The fourth-order valence-electron chi connectivity index (χ4n) is 9.74. The molecule has 0 heterocycles. The van der Waals surface area contributed by atoms with E-state index in [9.17, 15) is 0 Å². The Morgan fingerprint density at radius 2 is 0.600 bits per heavy atom. The van der Waals surface area contributed by atoms with Gasteiger partial charge in [-0.25, -0.2) is 0 Å². The summed E-state index contributed by atoms with van der Waals surface area (Å²) < 4.78 is 0. The van der Waals surface area contributed by atoms with Gasteiger partial charge in [-0.1, -0.05) is 72.9 Å². The highest BCUT2D eigenvalue weighted by molar-refractivity contribution is 5.95. The van der Waals surface area contributed by atoms with E-state index in [2.05, 4.69) is 116 Å². The van der Waals surface area contributed by atoms with E-state index in [4.69, 9.17) is 0 Å². The molecule has 6 aliphatic carbocycles. The zero-order valence-electron chi connectivity index (χ0n) is 25.7. The summed E-state index contributed by atoms with van der Waals surface area (Å²) in [4.78, 5) is 0. The molecule has 2 bridgehead atoms. The average molecular weight is 575 g/mol. The minimum atomic E-state index is -0.216. The van der Waals surface area contributed by atoms with Gasteiger partial charge in [0.1, 0.15) is 0 Å². The summed E-state index contributed by atoms with van der Waals surface area (Å²) in [5.74, 6) is 0.243. The summed E-state index contributed by atoms with van der Waals surface area (Å²) in [5, 5.41) is 8.36. The number of hydrogen-bond donors (Lipinski definition) is 0. The van der Waals surface area contributed by atoms with E-state index < -0.39 is 0 Å². The largest absolute Gasteiger partial charge is 0.0838 e. The van der Waals surface area contributed by atoms with Crippen molar-refractivity contribution in [3.05, 3.63) is 176 Å². The summed E-state index contributed by atoms with van der Waals surface area (Å²) in [7, 11) is 0. The predicted molar refractivity (Wildman–Crippen MR) is 188 cm³/mol. The van der Waals surface area contributed by atoms with Gasteiger partial charge in [0, 0.05) is 11.3 Å². The quantitative estimate of drug-likeness (QED) is 0.158. The molecule has 214 valence electrons. The maximum atomic E-state index is 2.58. The molecule has 0 unspecified atom stereocenters. The van der Waals surface area contributed by atoms with Gasteiger partial charge in [-0.2, -0.15) is 0 Å². The first-order chi connectivity index (χ1) is 22.1. The maximum absolute atomic E-state index is 2.58. The molecule has 45 heavy (non-hydrogen) atoms. The minimum absolute atomic E-state index is 0.216. The molecule has 0 fully saturated rings. The smallest absolute Gasteiger partial charge is 0.0433 e.